The molecule has 1 aromatic carbocycles. The molecule has 0 bridgehead atoms. The molecule has 14 nitrogen and oxygen atoms in total. The molecule has 0 unspecified atom stereocenters. The van der Waals surface area contributed by atoms with Gasteiger partial charge in [0.25, 0.3) is 0 Å². The molecule has 0 aliphatic carbocycles. The summed E-state index contributed by atoms with van der Waals surface area (Å²) in [4.78, 5) is 36.3. The SMILES string of the molecule is CCCCOC(=O)c1ccc(NC(=O)NCCNC[C@H]2O[C@@H](n3cnc4c(N)ncnc43)[C@H](O)[C@@H]2O)cc1. The number of nitrogens with two attached hydrogens (primary N) is 1. The average Bonchev–Trinajstić information content (AvgIpc) is 3.46. The predicted octanol–water partition coefficient (Wildman–Crippen LogP) is 0.396. The number of urea groups is 1. The highest BCUT2D eigenvalue weighted by Crippen LogP contribution is 2.31. The van der Waals surface area contributed by atoms with E-state index in [0.717, 1.165) is 12.8 Å². The van der Waals surface area contributed by atoms with Crippen LogP contribution >= 0.6 is 0 Å². The maximum absolute atomic E-state index is 12.2. The summed E-state index contributed by atoms with van der Waals surface area (Å²) >= 11 is 0. The Hall–Kier alpha value is -3.85. The maximum Gasteiger partial charge on any atom is 0.338 e. The van der Waals surface area contributed by atoms with Crippen molar-refractivity contribution in [1.82, 2.24) is 30.2 Å². The van der Waals surface area contributed by atoms with E-state index in [9.17, 15) is 19.8 Å². The summed E-state index contributed by atoms with van der Waals surface area (Å²) in [6, 6.07) is 6.02. The average molecular weight is 529 g/mol. The van der Waals surface area contributed by atoms with Gasteiger partial charge in [-0.1, -0.05) is 13.3 Å². The van der Waals surface area contributed by atoms with E-state index >= 15 is 0 Å². The van der Waals surface area contributed by atoms with Crippen molar-refractivity contribution in [2.75, 3.05) is 37.3 Å². The number of aliphatic hydroxyl groups excluding tert-OH is 2. The second-order valence-electron chi connectivity index (χ2n) is 8.78. The van der Waals surface area contributed by atoms with Gasteiger partial charge < -0.3 is 41.4 Å². The molecule has 7 N–H and O–H groups in total. The Morgan fingerprint density at radius 1 is 1.13 bits per heavy atom. The lowest BCUT2D eigenvalue weighted by atomic mass is 10.1. The molecule has 3 aromatic rings. The number of aromatic nitrogens is 4. The van der Waals surface area contributed by atoms with Crippen molar-refractivity contribution in [3.8, 4) is 0 Å². The summed E-state index contributed by atoms with van der Waals surface area (Å²) in [5, 5.41) is 29.5. The Bertz CT molecular complexity index is 1240. The van der Waals surface area contributed by atoms with E-state index in [1.807, 2.05) is 6.92 Å². The Labute approximate surface area is 218 Å². The second-order valence-corrected chi connectivity index (χ2v) is 8.78. The molecule has 4 atom stereocenters. The Morgan fingerprint density at radius 3 is 2.68 bits per heavy atom. The largest absolute Gasteiger partial charge is 0.462 e. The molecule has 1 saturated heterocycles. The highest BCUT2D eigenvalue weighted by Gasteiger charge is 2.44. The summed E-state index contributed by atoms with van der Waals surface area (Å²) in [5.41, 5.74) is 7.52. The number of nitrogen functional groups attached to an aromatic ring is 1. The van der Waals surface area contributed by atoms with Gasteiger partial charge in [-0.15, -0.1) is 0 Å². The molecule has 2 amide bonds. The van der Waals surface area contributed by atoms with Crippen LogP contribution in [0.2, 0.25) is 0 Å². The van der Waals surface area contributed by atoms with Crippen LogP contribution in [0.4, 0.5) is 16.3 Å². The predicted molar refractivity (Wildman–Crippen MR) is 137 cm³/mol. The maximum atomic E-state index is 12.2. The summed E-state index contributed by atoms with van der Waals surface area (Å²) in [6.07, 6.45) is 0.522. The normalized spacial score (nSPS) is 20.9. The van der Waals surface area contributed by atoms with Crippen LogP contribution in [-0.2, 0) is 9.47 Å². The number of hydrogen-bond donors (Lipinski definition) is 6. The first kappa shape index (κ1) is 27.2. The van der Waals surface area contributed by atoms with E-state index in [-0.39, 0.29) is 12.4 Å². The molecule has 0 spiro atoms. The lowest BCUT2D eigenvalue weighted by molar-refractivity contribution is -0.0340. The fourth-order valence-corrected chi connectivity index (χ4v) is 3.95. The van der Waals surface area contributed by atoms with Crippen LogP contribution in [0, 0.1) is 0 Å². The fraction of sp³-hybridized carbons (Fsp3) is 0.458. The number of benzene rings is 1. The number of aliphatic hydroxyl groups is 2. The molecule has 14 heteroatoms. The van der Waals surface area contributed by atoms with Gasteiger partial charge in [-0.2, -0.15) is 0 Å². The van der Waals surface area contributed by atoms with Gasteiger partial charge in [-0.3, -0.25) is 4.57 Å². The molecule has 1 aliphatic rings. The number of fused-ring (bicyclic) bond motifs is 1. The summed E-state index contributed by atoms with van der Waals surface area (Å²) < 4.78 is 12.5. The number of anilines is 2. The van der Waals surface area contributed by atoms with E-state index in [1.54, 1.807) is 24.3 Å². The fourth-order valence-electron chi connectivity index (χ4n) is 3.95. The quantitative estimate of drug-likeness (QED) is 0.149. The zero-order valence-corrected chi connectivity index (χ0v) is 20.9. The third-order valence-corrected chi connectivity index (χ3v) is 6.04. The summed E-state index contributed by atoms with van der Waals surface area (Å²) in [6.45, 7) is 3.32. The standard InChI is InChI=1S/C24H32N8O6/c1-2-3-10-37-23(35)14-4-6-15(7-5-14)31-24(36)27-9-8-26-11-16-18(33)19(34)22(38-16)32-13-30-17-20(25)28-12-29-21(17)32/h4-7,12-13,16,18-19,22,26,33-34H,2-3,8-11H2,1H3,(H2,25,28,29)(H2,27,31,36)/t16-,18-,19-,22-/m1/s1. The van der Waals surface area contributed by atoms with Gasteiger partial charge in [0.2, 0.25) is 0 Å². The minimum absolute atomic E-state index is 0.205. The van der Waals surface area contributed by atoms with Crippen LogP contribution in [0.25, 0.3) is 11.2 Å². The molecule has 4 rings (SSSR count). The summed E-state index contributed by atoms with van der Waals surface area (Å²) in [7, 11) is 0. The Kier molecular flexibility index (Phi) is 9.02. The minimum atomic E-state index is -1.20. The number of rotatable bonds is 11. The van der Waals surface area contributed by atoms with Crippen LogP contribution in [-0.4, -0.2) is 86.3 Å². The Morgan fingerprint density at radius 2 is 1.92 bits per heavy atom. The number of amides is 2. The first-order valence-electron chi connectivity index (χ1n) is 12.4. The minimum Gasteiger partial charge on any atom is -0.462 e. The molecule has 1 fully saturated rings. The topological polar surface area (TPSA) is 199 Å². The molecule has 204 valence electrons. The van der Waals surface area contributed by atoms with Crippen LogP contribution in [0.5, 0.6) is 0 Å². The van der Waals surface area contributed by atoms with Crippen LogP contribution in [0.15, 0.2) is 36.9 Å². The lowest BCUT2D eigenvalue weighted by Gasteiger charge is -2.16. The molecular formula is C24H32N8O6. The molecule has 2 aromatic heterocycles. The van der Waals surface area contributed by atoms with Gasteiger partial charge in [0.1, 0.15) is 30.2 Å². The van der Waals surface area contributed by atoms with Crippen molar-refractivity contribution in [2.24, 2.45) is 0 Å². The van der Waals surface area contributed by atoms with Crippen molar-refractivity contribution >= 4 is 34.7 Å². The van der Waals surface area contributed by atoms with Gasteiger partial charge in [-0.25, -0.2) is 24.5 Å². The van der Waals surface area contributed by atoms with Gasteiger partial charge in [0.05, 0.1) is 18.5 Å². The number of esters is 1. The lowest BCUT2D eigenvalue weighted by Crippen LogP contribution is -2.41. The van der Waals surface area contributed by atoms with Crippen molar-refractivity contribution in [3.63, 3.8) is 0 Å². The zero-order valence-electron chi connectivity index (χ0n) is 20.9. The third-order valence-electron chi connectivity index (χ3n) is 6.04. The monoisotopic (exact) mass is 528 g/mol. The number of hydrogen-bond acceptors (Lipinski definition) is 11. The number of carbonyl (C=O) groups excluding carboxylic acids is 2. The molecular weight excluding hydrogens is 496 g/mol. The van der Waals surface area contributed by atoms with Gasteiger partial charge in [-0.05, 0) is 30.7 Å². The first-order valence-corrected chi connectivity index (χ1v) is 12.4. The van der Waals surface area contributed by atoms with Crippen LogP contribution in [0.3, 0.4) is 0 Å². The van der Waals surface area contributed by atoms with E-state index < -0.39 is 36.5 Å². The van der Waals surface area contributed by atoms with Gasteiger partial charge >= 0.3 is 12.0 Å². The number of nitrogens with one attached hydrogen (secondary N) is 3. The molecule has 38 heavy (non-hydrogen) atoms. The Balaban J connectivity index is 1.17. The van der Waals surface area contributed by atoms with E-state index in [2.05, 4.69) is 30.9 Å². The first-order chi connectivity index (χ1) is 18.4. The van der Waals surface area contributed by atoms with Gasteiger partial charge in [0, 0.05) is 25.3 Å². The molecule has 1 aliphatic heterocycles. The number of imidazole rings is 1. The number of unbranched alkanes of at least 4 members (excludes halogenated alkanes) is 1. The van der Waals surface area contributed by atoms with E-state index in [0.29, 0.717) is 42.1 Å². The molecule has 3 heterocycles. The van der Waals surface area contributed by atoms with Crippen molar-refractivity contribution in [2.45, 2.75) is 44.3 Å². The highest BCUT2D eigenvalue weighted by molar-refractivity contribution is 5.92. The van der Waals surface area contributed by atoms with Crippen LogP contribution in [0.1, 0.15) is 36.4 Å². The highest BCUT2D eigenvalue weighted by atomic mass is 16.6. The number of ether oxygens (including phenoxy) is 2. The smallest absolute Gasteiger partial charge is 0.338 e. The van der Waals surface area contributed by atoms with Gasteiger partial charge in [0.15, 0.2) is 17.7 Å². The van der Waals surface area contributed by atoms with Crippen LogP contribution < -0.4 is 21.7 Å². The van der Waals surface area contributed by atoms with E-state index in [1.165, 1.54) is 17.2 Å². The number of nitrogens with zero attached hydrogens (tertiary/aromatic N) is 4. The van der Waals surface area contributed by atoms with Crippen molar-refractivity contribution < 1.29 is 29.3 Å². The second kappa shape index (κ2) is 12.6. The third kappa shape index (κ3) is 6.34. The molecule has 0 saturated carbocycles. The molecule has 0 radical (unpaired) electrons. The van der Waals surface area contributed by atoms with Crippen molar-refractivity contribution in [3.05, 3.63) is 42.5 Å². The van der Waals surface area contributed by atoms with Crippen molar-refractivity contribution in [1.29, 1.82) is 0 Å². The number of carbonyl (C=O) groups is 2. The zero-order chi connectivity index (χ0) is 27.1. The summed E-state index contributed by atoms with van der Waals surface area (Å²) in [5.74, 6) is -0.191. The van der Waals surface area contributed by atoms with E-state index in [4.69, 9.17) is 15.2 Å².